The van der Waals surface area contributed by atoms with Crippen molar-refractivity contribution in [3.8, 4) is 5.75 Å². The summed E-state index contributed by atoms with van der Waals surface area (Å²) >= 11 is 5.65. The highest BCUT2D eigenvalue weighted by Crippen LogP contribution is 2.27. The molecule has 0 unspecified atom stereocenters. The Morgan fingerprint density at radius 1 is 1.33 bits per heavy atom. The first kappa shape index (κ1) is 12.1. The maximum Gasteiger partial charge on any atom is 0.422 e. The average Bonchev–Trinajstić information content (AvgIpc) is 2.15. The largest absolute Gasteiger partial charge is 0.483 e. The highest BCUT2D eigenvalue weighted by molar-refractivity contribution is 6.32. The number of hydrogen-bond donors (Lipinski definition) is 1. The third-order valence-electron chi connectivity index (χ3n) is 1.62. The van der Waals surface area contributed by atoms with Gasteiger partial charge in [-0.3, -0.25) is 0 Å². The van der Waals surface area contributed by atoms with Gasteiger partial charge in [0.15, 0.2) is 6.61 Å². The molecule has 1 aromatic rings. The van der Waals surface area contributed by atoms with Gasteiger partial charge in [-0.05, 0) is 17.7 Å². The topological polar surface area (TPSA) is 35.2 Å². The molecule has 0 radical (unpaired) electrons. The maximum absolute atomic E-state index is 11.9. The van der Waals surface area contributed by atoms with Crippen LogP contribution in [0.2, 0.25) is 5.02 Å². The third kappa shape index (κ3) is 3.97. The van der Waals surface area contributed by atoms with E-state index in [0.29, 0.717) is 5.56 Å². The molecule has 0 heterocycles. The normalized spacial score (nSPS) is 11.5. The van der Waals surface area contributed by atoms with E-state index in [1.54, 1.807) is 6.07 Å². The summed E-state index contributed by atoms with van der Waals surface area (Å²) in [5, 5.41) is 0.136. The number of benzene rings is 1. The van der Waals surface area contributed by atoms with E-state index < -0.39 is 12.8 Å². The molecular weight excluding hydrogens is 231 g/mol. The Labute approximate surface area is 89.8 Å². The molecule has 0 aliphatic rings. The van der Waals surface area contributed by atoms with Gasteiger partial charge in [-0.2, -0.15) is 13.2 Å². The van der Waals surface area contributed by atoms with Crippen molar-refractivity contribution in [2.24, 2.45) is 5.73 Å². The van der Waals surface area contributed by atoms with Gasteiger partial charge in [0.1, 0.15) is 5.75 Å². The third-order valence-corrected chi connectivity index (χ3v) is 1.93. The summed E-state index contributed by atoms with van der Waals surface area (Å²) in [7, 11) is 0. The van der Waals surface area contributed by atoms with Gasteiger partial charge in [0.2, 0.25) is 0 Å². The smallest absolute Gasteiger partial charge is 0.422 e. The molecule has 0 aliphatic carbocycles. The minimum atomic E-state index is -4.37. The van der Waals surface area contributed by atoms with E-state index >= 15 is 0 Å². The minimum absolute atomic E-state index is 0.00283. The van der Waals surface area contributed by atoms with Crippen LogP contribution in [0.5, 0.6) is 5.75 Å². The lowest BCUT2D eigenvalue weighted by atomic mass is 10.2. The van der Waals surface area contributed by atoms with Crippen molar-refractivity contribution in [1.29, 1.82) is 0 Å². The summed E-state index contributed by atoms with van der Waals surface area (Å²) in [4.78, 5) is 0. The van der Waals surface area contributed by atoms with Gasteiger partial charge in [0, 0.05) is 6.54 Å². The van der Waals surface area contributed by atoms with Gasteiger partial charge < -0.3 is 10.5 Å². The standard InChI is InChI=1S/C9H9ClF3NO/c10-7-2-1-6(4-14)3-8(7)15-5-9(11,12)13/h1-3H,4-5,14H2. The Balaban J connectivity index is 2.75. The number of halogens is 4. The molecular formula is C9H9ClF3NO. The van der Waals surface area contributed by atoms with Gasteiger partial charge in [-0.25, -0.2) is 0 Å². The fourth-order valence-electron chi connectivity index (χ4n) is 0.945. The first-order valence-corrected chi connectivity index (χ1v) is 4.48. The average molecular weight is 240 g/mol. The Morgan fingerprint density at radius 3 is 2.53 bits per heavy atom. The number of nitrogens with two attached hydrogens (primary N) is 1. The van der Waals surface area contributed by atoms with Crippen LogP contribution < -0.4 is 10.5 Å². The van der Waals surface area contributed by atoms with Crippen molar-refractivity contribution in [2.75, 3.05) is 6.61 Å². The van der Waals surface area contributed by atoms with E-state index in [-0.39, 0.29) is 17.3 Å². The van der Waals surface area contributed by atoms with Crippen LogP contribution in [-0.4, -0.2) is 12.8 Å². The number of alkyl halides is 3. The molecule has 84 valence electrons. The molecule has 0 spiro atoms. The zero-order valence-corrected chi connectivity index (χ0v) is 8.40. The fraction of sp³-hybridized carbons (Fsp3) is 0.333. The zero-order chi connectivity index (χ0) is 11.5. The first-order chi connectivity index (χ1) is 6.92. The van der Waals surface area contributed by atoms with Gasteiger partial charge in [-0.1, -0.05) is 17.7 Å². The van der Waals surface area contributed by atoms with E-state index in [0.717, 1.165) is 0 Å². The van der Waals surface area contributed by atoms with Crippen LogP contribution in [-0.2, 0) is 6.54 Å². The molecule has 0 fully saturated rings. The summed E-state index contributed by atoms with van der Waals surface area (Å²) in [5.41, 5.74) is 5.99. The Kier molecular flexibility index (Phi) is 3.82. The lowest BCUT2D eigenvalue weighted by molar-refractivity contribution is -0.153. The summed E-state index contributed by atoms with van der Waals surface area (Å²) < 4.78 is 40.1. The number of ether oxygens (including phenoxy) is 1. The zero-order valence-electron chi connectivity index (χ0n) is 7.64. The van der Waals surface area contributed by atoms with Crippen LogP contribution in [0.3, 0.4) is 0 Å². The van der Waals surface area contributed by atoms with Crippen molar-refractivity contribution in [1.82, 2.24) is 0 Å². The van der Waals surface area contributed by atoms with Crippen LogP contribution in [0.25, 0.3) is 0 Å². The summed E-state index contributed by atoms with van der Waals surface area (Å²) in [5.74, 6) is -0.00283. The van der Waals surface area contributed by atoms with Crippen LogP contribution >= 0.6 is 11.6 Å². The van der Waals surface area contributed by atoms with E-state index in [4.69, 9.17) is 17.3 Å². The van der Waals surface area contributed by atoms with E-state index in [1.165, 1.54) is 12.1 Å². The number of rotatable bonds is 3. The molecule has 1 rings (SSSR count). The predicted molar refractivity (Wildman–Crippen MR) is 50.9 cm³/mol. The molecule has 0 bridgehead atoms. The summed E-state index contributed by atoms with van der Waals surface area (Å²) in [6.07, 6.45) is -4.37. The van der Waals surface area contributed by atoms with Crippen molar-refractivity contribution in [3.63, 3.8) is 0 Å². The highest BCUT2D eigenvalue weighted by Gasteiger charge is 2.28. The minimum Gasteiger partial charge on any atom is -0.483 e. The van der Waals surface area contributed by atoms with E-state index in [2.05, 4.69) is 4.74 Å². The lowest BCUT2D eigenvalue weighted by Crippen LogP contribution is -2.19. The molecule has 0 saturated heterocycles. The lowest BCUT2D eigenvalue weighted by Gasteiger charge is -2.11. The molecule has 2 N–H and O–H groups in total. The molecule has 0 aliphatic heterocycles. The second kappa shape index (κ2) is 4.72. The van der Waals surface area contributed by atoms with Gasteiger partial charge in [0.25, 0.3) is 0 Å². The monoisotopic (exact) mass is 239 g/mol. The molecule has 0 aromatic heterocycles. The fourth-order valence-corrected chi connectivity index (χ4v) is 1.12. The molecule has 6 heteroatoms. The molecule has 15 heavy (non-hydrogen) atoms. The predicted octanol–water partition coefficient (Wildman–Crippen LogP) is 2.74. The molecule has 0 amide bonds. The van der Waals surface area contributed by atoms with Crippen LogP contribution in [0.1, 0.15) is 5.56 Å². The van der Waals surface area contributed by atoms with Crippen LogP contribution in [0.4, 0.5) is 13.2 Å². The first-order valence-electron chi connectivity index (χ1n) is 4.10. The molecule has 2 nitrogen and oxygen atoms in total. The number of hydrogen-bond acceptors (Lipinski definition) is 2. The Morgan fingerprint density at radius 2 is 2.00 bits per heavy atom. The SMILES string of the molecule is NCc1ccc(Cl)c(OCC(F)(F)F)c1. The second-order valence-corrected chi connectivity index (χ2v) is 3.28. The van der Waals surface area contributed by atoms with Gasteiger partial charge in [0.05, 0.1) is 5.02 Å². The van der Waals surface area contributed by atoms with Gasteiger partial charge in [-0.15, -0.1) is 0 Å². The van der Waals surface area contributed by atoms with Crippen molar-refractivity contribution < 1.29 is 17.9 Å². The summed E-state index contributed by atoms with van der Waals surface area (Å²) in [6, 6.07) is 4.48. The van der Waals surface area contributed by atoms with Crippen LogP contribution in [0.15, 0.2) is 18.2 Å². The Hall–Kier alpha value is -0.940. The van der Waals surface area contributed by atoms with Crippen LogP contribution in [0, 0.1) is 0 Å². The van der Waals surface area contributed by atoms with Gasteiger partial charge >= 0.3 is 6.18 Å². The summed E-state index contributed by atoms with van der Waals surface area (Å²) in [6.45, 7) is -1.14. The highest BCUT2D eigenvalue weighted by atomic mass is 35.5. The van der Waals surface area contributed by atoms with E-state index in [1.807, 2.05) is 0 Å². The maximum atomic E-state index is 11.9. The molecule has 0 atom stereocenters. The Bertz CT molecular complexity index is 341. The quantitative estimate of drug-likeness (QED) is 0.880. The van der Waals surface area contributed by atoms with Crippen molar-refractivity contribution in [2.45, 2.75) is 12.7 Å². The second-order valence-electron chi connectivity index (χ2n) is 2.87. The van der Waals surface area contributed by atoms with E-state index in [9.17, 15) is 13.2 Å². The molecule has 0 saturated carbocycles. The van der Waals surface area contributed by atoms with Crippen molar-refractivity contribution >= 4 is 11.6 Å². The molecule has 1 aromatic carbocycles. The van der Waals surface area contributed by atoms with Crippen molar-refractivity contribution in [3.05, 3.63) is 28.8 Å².